The summed E-state index contributed by atoms with van der Waals surface area (Å²) < 4.78 is 24.3. The minimum Gasteiger partial charge on any atom is -0.354 e. The van der Waals surface area contributed by atoms with Gasteiger partial charge in [0.15, 0.2) is 0 Å². The third-order valence-electron chi connectivity index (χ3n) is 3.72. The number of nitrogens with one attached hydrogen (secondary N) is 1. The van der Waals surface area contributed by atoms with Crippen LogP contribution < -0.4 is 5.32 Å². The molecule has 0 aromatic heterocycles. The molecule has 1 unspecified atom stereocenters. The highest BCUT2D eigenvalue weighted by Crippen LogP contribution is 2.25. The third kappa shape index (κ3) is 2.98. The second kappa shape index (κ2) is 4.94. The molecule has 0 spiro atoms. The lowest BCUT2D eigenvalue weighted by Gasteiger charge is -2.27. The van der Waals surface area contributed by atoms with Gasteiger partial charge < -0.3 is 5.32 Å². The highest BCUT2D eigenvalue weighted by molar-refractivity contribution is 7.88. The van der Waals surface area contributed by atoms with Crippen molar-refractivity contribution >= 4 is 15.9 Å². The number of rotatable bonds is 4. The van der Waals surface area contributed by atoms with Gasteiger partial charge in [0, 0.05) is 13.1 Å². The summed E-state index contributed by atoms with van der Waals surface area (Å²) in [6.07, 6.45) is 6.20. The van der Waals surface area contributed by atoms with Crippen LogP contribution in [0.2, 0.25) is 0 Å². The average molecular weight is 260 g/mol. The Labute approximate surface area is 103 Å². The first-order chi connectivity index (χ1) is 7.98. The number of carbonyl (C=O) groups is 1. The number of carbonyl (C=O) groups excluding carboxylic acids is 1. The number of hydrogen-bond acceptors (Lipinski definition) is 3. The predicted octanol–water partition coefficient (Wildman–Crippen LogP) is 0.327. The molecular formula is C11H20N2O3S. The van der Waals surface area contributed by atoms with Crippen LogP contribution in [0.25, 0.3) is 0 Å². The molecule has 2 rings (SSSR count). The lowest BCUT2D eigenvalue weighted by molar-refractivity contribution is -0.124. The molecule has 1 atom stereocenters. The predicted molar refractivity (Wildman–Crippen MR) is 64.9 cm³/mol. The van der Waals surface area contributed by atoms with E-state index in [1.165, 1.54) is 29.8 Å². The smallest absolute Gasteiger partial charge is 0.238 e. The van der Waals surface area contributed by atoms with Crippen LogP contribution in [0.5, 0.6) is 0 Å². The molecule has 1 heterocycles. The van der Waals surface area contributed by atoms with E-state index in [-0.39, 0.29) is 5.91 Å². The summed E-state index contributed by atoms with van der Waals surface area (Å²) in [5.74, 6) is 0.479. The first kappa shape index (κ1) is 12.8. The molecule has 2 aliphatic rings. The van der Waals surface area contributed by atoms with Crippen LogP contribution in [0.3, 0.4) is 0 Å². The summed E-state index contributed by atoms with van der Waals surface area (Å²) in [5.41, 5.74) is 0. The van der Waals surface area contributed by atoms with Crippen LogP contribution in [-0.2, 0) is 14.8 Å². The second-order valence-electron chi connectivity index (χ2n) is 5.07. The molecule has 17 heavy (non-hydrogen) atoms. The Kier molecular flexibility index (Phi) is 3.73. The maximum atomic E-state index is 11.9. The lowest BCUT2D eigenvalue weighted by Crippen LogP contribution is -2.47. The summed E-state index contributed by atoms with van der Waals surface area (Å²) in [6, 6.07) is -0.481. The van der Waals surface area contributed by atoms with Gasteiger partial charge in [0.1, 0.15) is 6.04 Å². The topological polar surface area (TPSA) is 66.5 Å². The number of nitrogens with zero attached hydrogens (tertiary/aromatic N) is 1. The summed E-state index contributed by atoms with van der Waals surface area (Å²) in [4.78, 5) is 11.9. The Morgan fingerprint density at radius 2 is 2.00 bits per heavy atom. The van der Waals surface area contributed by atoms with E-state index < -0.39 is 16.1 Å². The van der Waals surface area contributed by atoms with Gasteiger partial charge in [-0.25, -0.2) is 8.42 Å². The Hall–Kier alpha value is -0.620. The fourth-order valence-electron chi connectivity index (χ4n) is 2.46. The van der Waals surface area contributed by atoms with Crippen molar-refractivity contribution in [2.75, 3.05) is 19.3 Å². The summed E-state index contributed by atoms with van der Waals surface area (Å²) in [7, 11) is -3.25. The van der Waals surface area contributed by atoms with Gasteiger partial charge in [0.25, 0.3) is 0 Å². The van der Waals surface area contributed by atoms with Crippen LogP contribution in [0.1, 0.15) is 32.1 Å². The zero-order chi connectivity index (χ0) is 12.5. The highest BCUT2D eigenvalue weighted by atomic mass is 32.2. The largest absolute Gasteiger partial charge is 0.354 e. The van der Waals surface area contributed by atoms with Crippen LogP contribution in [0.15, 0.2) is 0 Å². The van der Waals surface area contributed by atoms with Crippen molar-refractivity contribution in [3.8, 4) is 0 Å². The molecule has 1 saturated heterocycles. The molecule has 0 aromatic carbocycles. The fraction of sp³-hybridized carbons (Fsp3) is 0.909. The van der Waals surface area contributed by atoms with E-state index in [9.17, 15) is 13.2 Å². The molecule has 2 fully saturated rings. The summed E-state index contributed by atoms with van der Waals surface area (Å²) in [6.45, 7) is 1.17. The van der Waals surface area contributed by atoms with Crippen molar-refractivity contribution in [2.45, 2.75) is 38.1 Å². The maximum absolute atomic E-state index is 11.9. The van der Waals surface area contributed by atoms with Gasteiger partial charge in [-0.05, 0) is 31.6 Å². The molecule has 1 amide bonds. The minimum atomic E-state index is -3.25. The van der Waals surface area contributed by atoms with E-state index in [0.29, 0.717) is 25.4 Å². The van der Waals surface area contributed by atoms with Crippen molar-refractivity contribution in [1.82, 2.24) is 9.62 Å². The molecule has 0 radical (unpaired) electrons. The van der Waals surface area contributed by atoms with Crippen LogP contribution in [0.4, 0.5) is 0 Å². The Bertz CT molecular complexity index is 390. The molecule has 1 N–H and O–H groups in total. The monoisotopic (exact) mass is 260 g/mol. The van der Waals surface area contributed by atoms with E-state index in [2.05, 4.69) is 5.32 Å². The zero-order valence-corrected chi connectivity index (χ0v) is 11.0. The molecule has 0 aromatic rings. The number of hydrogen-bond donors (Lipinski definition) is 1. The SMILES string of the molecule is CS(=O)(=O)N1CCCC1C(=O)NCC1CCC1. The van der Waals surface area contributed by atoms with E-state index in [4.69, 9.17) is 0 Å². The van der Waals surface area contributed by atoms with Crippen molar-refractivity contribution in [3.63, 3.8) is 0 Å². The van der Waals surface area contributed by atoms with E-state index in [1.54, 1.807) is 0 Å². The Morgan fingerprint density at radius 1 is 1.29 bits per heavy atom. The van der Waals surface area contributed by atoms with Crippen molar-refractivity contribution < 1.29 is 13.2 Å². The van der Waals surface area contributed by atoms with Crippen LogP contribution in [0, 0.1) is 5.92 Å². The van der Waals surface area contributed by atoms with Crippen molar-refractivity contribution in [3.05, 3.63) is 0 Å². The third-order valence-corrected chi connectivity index (χ3v) is 5.01. The first-order valence-corrected chi connectivity index (χ1v) is 8.08. The van der Waals surface area contributed by atoms with Crippen molar-refractivity contribution in [1.29, 1.82) is 0 Å². The highest BCUT2D eigenvalue weighted by Gasteiger charge is 2.36. The summed E-state index contributed by atoms with van der Waals surface area (Å²) >= 11 is 0. The quantitative estimate of drug-likeness (QED) is 0.792. The van der Waals surface area contributed by atoms with E-state index >= 15 is 0 Å². The lowest BCUT2D eigenvalue weighted by atomic mass is 9.85. The summed E-state index contributed by atoms with van der Waals surface area (Å²) in [5, 5.41) is 2.88. The van der Waals surface area contributed by atoms with Crippen LogP contribution in [-0.4, -0.2) is 44.0 Å². The van der Waals surface area contributed by atoms with Gasteiger partial charge in [-0.1, -0.05) is 6.42 Å². The van der Waals surface area contributed by atoms with E-state index in [0.717, 1.165) is 6.42 Å². The molecule has 6 heteroatoms. The van der Waals surface area contributed by atoms with Gasteiger partial charge in [0.05, 0.1) is 6.26 Å². The maximum Gasteiger partial charge on any atom is 0.238 e. The van der Waals surface area contributed by atoms with Crippen LogP contribution >= 0.6 is 0 Å². The molecule has 5 nitrogen and oxygen atoms in total. The van der Waals surface area contributed by atoms with Crippen molar-refractivity contribution in [2.24, 2.45) is 5.92 Å². The molecule has 1 aliphatic carbocycles. The molecular weight excluding hydrogens is 240 g/mol. The average Bonchev–Trinajstić information content (AvgIpc) is 2.62. The number of amides is 1. The van der Waals surface area contributed by atoms with E-state index in [1.807, 2.05) is 0 Å². The minimum absolute atomic E-state index is 0.125. The van der Waals surface area contributed by atoms with Gasteiger partial charge >= 0.3 is 0 Å². The van der Waals surface area contributed by atoms with Gasteiger partial charge in [-0.2, -0.15) is 4.31 Å². The first-order valence-electron chi connectivity index (χ1n) is 6.23. The Morgan fingerprint density at radius 3 is 2.53 bits per heavy atom. The fourth-order valence-corrected chi connectivity index (χ4v) is 3.58. The number of sulfonamides is 1. The zero-order valence-electron chi connectivity index (χ0n) is 10.2. The molecule has 1 saturated carbocycles. The normalized spacial score (nSPS) is 26.8. The van der Waals surface area contributed by atoms with Gasteiger partial charge in [-0.15, -0.1) is 0 Å². The molecule has 0 bridgehead atoms. The molecule has 1 aliphatic heterocycles. The molecule has 98 valence electrons. The standard InChI is InChI=1S/C11H20N2O3S/c1-17(15,16)13-7-3-6-10(13)11(14)12-8-9-4-2-5-9/h9-10H,2-8H2,1H3,(H,12,14). The van der Waals surface area contributed by atoms with Gasteiger partial charge in [-0.3, -0.25) is 4.79 Å². The Balaban J connectivity index is 1.89. The second-order valence-corrected chi connectivity index (χ2v) is 7.01. The van der Waals surface area contributed by atoms with Gasteiger partial charge in [0.2, 0.25) is 15.9 Å².